The number of piperazine rings is 1. The van der Waals surface area contributed by atoms with Gasteiger partial charge in [0.1, 0.15) is 0 Å². The number of rotatable bonds is 5. The number of anilines is 2. The van der Waals surface area contributed by atoms with Gasteiger partial charge in [0.2, 0.25) is 5.91 Å². The van der Waals surface area contributed by atoms with Crippen molar-refractivity contribution in [2.75, 3.05) is 37.6 Å². The molecular weight excluding hydrogens is 404 g/mol. The number of amides is 1. The van der Waals surface area contributed by atoms with Crippen molar-refractivity contribution in [2.24, 2.45) is 0 Å². The van der Waals surface area contributed by atoms with E-state index in [4.69, 9.17) is 0 Å². The van der Waals surface area contributed by atoms with Gasteiger partial charge in [0.25, 0.3) is 0 Å². The second-order valence-corrected chi connectivity index (χ2v) is 9.00. The molecule has 6 heteroatoms. The fourth-order valence-electron chi connectivity index (χ4n) is 4.26. The number of pyridine rings is 1. The normalized spacial score (nSPS) is 16.0. The van der Waals surface area contributed by atoms with Gasteiger partial charge in [-0.05, 0) is 36.4 Å². The molecule has 0 radical (unpaired) electrons. The van der Waals surface area contributed by atoms with Gasteiger partial charge < -0.3 is 9.80 Å². The molecular formula is C25H26N4OS. The van der Waals surface area contributed by atoms with E-state index in [1.807, 2.05) is 23.2 Å². The van der Waals surface area contributed by atoms with Crippen LogP contribution in [0.3, 0.4) is 0 Å². The summed E-state index contributed by atoms with van der Waals surface area (Å²) in [6.45, 7) is 4.91. The quantitative estimate of drug-likeness (QED) is 0.599. The van der Waals surface area contributed by atoms with E-state index in [0.717, 1.165) is 38.4 Å². The van der Waals surface area contributed by atoms with Gasteiger partial charge in [-0.3, -0.25) is 14.7 Å². The number of fused-ring (bicyclic) bond motifs is 2. The molecule has 31 heavy (non-hydrogen) atoms. The minimum Gasteiger partial charge on any atom is -0.340 e. The Morgan fingerprint density at radius 2 is 1.48 bits per heavy atom. The van der Waals surface area contributed by atoms with E-state index in [1.165, 1.54) is 21.2 Å². The Morgan fingerprint density at radius 1 is 0.839 bits per heavy atom. The predicted octanol–water partition coefficient (Wildman–Crippen LogP) is 4.42. The van der Waals surface area contributed by atoms with Crippen LogP contribution in [0.1, 0.15) is 12.1 Å². The largest absolute Gasteiger partial charge is 0.340 e. The van der Waals surface area contributed by atoms with Gasteiger partial charge in [-0.1, -0.05) is 42.1 Å². The molecule has 0 aliphatic carbocycles. The summed E-state index contributed by atoms with van der Waals surface area (Å²) >= 11 is 1.80. The van der Waals surface area contributed by atoms with E-state index in [1.54, 1.807) is 11.8 Å². The second-order valence-electron chi connectivity index (χ2n) is 7.92. The van der Waals surface area contributed by atoms with Crippen molar-refractivity contribution in [1.82, 2.24) is 14.8 Å². The van der Waals surface area contributed by atoms with Crippen molar-refractivity contribution in [3.05, 3.63) is 78.6 Å². The maximum absolute atomic E-state index is 13.0. The summed E-state index contributed by atoms with van der Waals surface area (Å²) in [5, 5.41) is 0. The summed E-state index contributed by atoms with van der Waals surface area (Å²) in [5.41, 5.74) is 3.47. The third-order valence-electron chi connectivity index (χ3n) is 5.92. The van der Waals surface area contributed by atoms with Crippen molar-refractivity contribution >= 4 is 29.0 Å². The van der Waals surface area contributed by atoms with Crippen LogP contribution in [0.5, 0.6) is 0 Å². The molecule has 1 aromatic heterocycles. The molecule has 2 aliphatic rings. The van der Waals surface area contributed by atoms with Crippen LogP contribution in [0.4, 0.5) is 11.4 Å². The molecule has 1 saturated heterocycles. The summed E-state index contributed by atoms with van der Waals surface area (Å²) < 4.78 is 0. The van der Waals surface area contributed by atoms with Gasteiger partial charge in [-0.2, -0.15) is 0 Å². The Bertz CT molecular complexity index is 1000. The molecule has 0 atom stereocenters. The molecule has 158 valence electrons. The molecule has 1 fully saturated rings. The number of para-hydroxylation sites is 2. The SMILES string of the molecule is O=C(CCN1c2ccccc2Sc2ccccc21)N1CCN(Cc2ccccn2)CC1. The first-order chi connectivity index (χ1) is 15.3. The third kappa shape index (κ3) is 4.45. The molecule has 2 aromatic carbocycles. The van der Waals surface area contributed by atoms with Crippen LogP contribution in [-0.2, 0) is 11.3 Å². The maximum Gasteiger partial charge on any atom is 0.224 e. The molecule has 3 aromatic rings. The number of nitrogens with zero attached hydrogens (tertiary/aromatic N) is 4. The molecule has 3 heterocycles. The number of benzene rings is 2. The smallest absolute Gasteiger partial charge is 0.224 e. The zero-order valence-corrected chi connectivity index (χ0v) is 18.3. The van der Waals surface area contributed by atoms with Crippen molar-refractivity contribution < 1.29 is 4.79 Å². The van der Waals surface area contributed by atoms with Crippen LogP contribution >= 0.6 is 11.8 Å². The van der Waals surface area contributed by atoms with Gasteiger partial charge in [-0.25, -0.2) is 0 Å². The standard InChI is InChI=1S/C25H26N4OS/c30-25(28-17-15-27(16-18-28)19-20-7-5-6-13-26-20)12-14-29-21-8-1-3-10-23(21)31-24-11-4-2-9-22(24)29/h1-11,13H,12,14-19H2. The van der Waals surface area contributed by atoms with Gasteiger partial charge in [0, 0.05) is 61.7 Å². The second kappa shape index (κ2) is 9.12. The van der Waals surface area contributed by atoms with E-state index < -0.39 is 0 Å². The van der Waals surface area contributed by atoms with E-state index in [2.05, 4.69) is 69.4 Å². The highest BCUT2D eigenvalue weighted by Crippen LogP contribution is 2.47. The topological polar surface area (TPSA) is 39.7 Å². The van der Waals surface area contributed by atoms with Gasteiger partial charge in [-0.15, -0.1) is 0 Å². The Kier molecular flexibility index (Phi) is 5.91. The number of hydrogen-bond donors (Lipinski definition) is 0. The first-order valence-electron chi connectivity index (χ1n) is 10.8. The van der Waals surface area contributed by atoms with Gasteiger partial charge in [0.05, 0.1) is 17.1 Å². The van der Waals surface area contributed by atoms with Crippen molar-refractivity contribution in [2.45, 2.75) is 22.8 Å². The number of carbonyl (C=O) groups excluding carboxylic acids is 1. The highest BCUT2D eigenvalue weighted by atomic mass is 32.2. The lowest BCUT2D eigenvalue weighted by Crippen LogP contribution is -2.48. The maximum atomic E-state index is 13.0. The van der Waals surface area contributed by atoms with Crippen LogP contribution in [-0.4, -0.2) is 53.4 Å². The molecule has 0 unspecified atom stereocenters. The molecule has 5 nitrogen and oxygen atoms in total. The lowest BCUT2D eigenvalue weighted by atomic mass is 10.2. The Hall–Kier alpha value is -2.83. The highest BCUT2D eigenvalue weighted by molar-refractivity contribution is 7.99. The van der Waals surface area contributed by atoms with Crippen LogP contribution in [0.2, 0.25) is 0 Å². The molecule has 0 saturated carbocycles. The molecule has 1 amide bonds. The Morgan fingerprint density at radius 3 is 2.13 bits per heavy atom. The summed E-state index contributed by atoms with van der Waals surface area (Å²) in [5.74, 6) is 0.241. The first-order valence-corrected chi connectivity index (χ1v) is 11.6. The zero-order valence-electron chi connectivity index (χ0n) is 17.5. The van der Waals surface area contributed by atoms with Crippen LogP contribution in [0, 0.1) is 0 Å². The van der Waals surface area contributed by atoms with Crippen LogP contribution in [0.25, 0.3) is 0 Å². The summed E-state index contributed by atoms with van der Waals surface area (Å²) in [4.78, 5) is 26.6. The van der Waals surface area contributed by atoms with Gasteiger partial charge in [0.15, 0.2) is 0 Å². The average molecular weight is 431 g/mol. The Labute approximate surface area is 187 Å². The Balaban J connectivity index is 1.20. The lowest BCUT2D eigenvalue weighted by molar-refractivity contribution is -0.132. The monoisotopic (exact) mass is 430 g/mol. The van der Waals surface area contributed by atoms with Crippen LogP contribution < -0.4 is 4.90 Å². The van der Waals surface area contributed by atoms with E-state index in [9.17, 15) is 4.79 Å². The summed E-state index contributed by atoms with van der Waals surface area (Å²) in [7, 11) is 0. The summed E-state index contributed by atoms with van der Waals surface area (Å²) in [6.07, 6.45) is 2.36. The molecule has 0 N–H and O–H groups in total. The molecule has 0 spiro atoms. The zero-order chi connectivity index (χ0) is 21.0. The number of carbonyl (C=O) groups is 1. The van der Waals surface area contributed by atoms with Gasteiger partial charge >= 0.3 is 0 Å². The minimum absolute atomic E-state index is 0.241. The predicted molar refractivity (Wildman–Crippen MR) is 125 cm³/mol. The number of hydrogen-bond acceptors (Lipinski definition) is 5. The molecule has 2 aliphatic heterocycles. The van der Waals surface area contributed by atoms with E-state index in [-0.39, 0.29) is 5.91 Å². The molecule has 5 rings (SSSR count). The summed E-state index contributed by atoms with van der Waals surface area (Å²) in [6, 6.07) is 22.9. The molecule has 0 bridgehead atoms. The van der Waals surface area contributed by atoms with E-state index >= 15 is 0 Å². The van der Waals surface area contributed by atoms with E-state index in [0.29, 0.717) is 13.0 Å². The average Bonchev–Trinajstić information content (AvgIpc) is 2.82. The fraction of sp³-hybridized carbons (Fsp3) is 0.280. The van der Waals surface area contributed by atoms with Crippen molar-refractivity contribution in [1.29, 1.82) is 0 Å². The fourth-order valence-corrected chi connectivity index (χ4v) is 5.36. The number of aromatic nitrogens is 1. The van der Waals surface area contributed by atoms with Crippen molar-refractivity contribution in [3.63, 3.8) is 0 Å². The first kappa shape index (κ1) is 20.1. The lowest BCUT2D eigenvalue weighted by Gasteiger charge is -2.36. The van der Waals surface area contributed by atoms with Crippen molar-refractivity contribution in [3.8, 4) is 0 Å². The minimum atomic E-state index is 0.241. The highest BCUT2D eigenvalue weighted by Gasteiger charge is 2.25. The van der Waals surface area contributed by atoms with Crippen LogP contribution in [0.15, 0.2) is 82.7 Å². The third-order valence-corrected chi connectivity index (χ3v) is 7.05.